The molecule has 0 bridgehead atoms. The van der Waals surface area contributed by atoms with E-state index in [1.165, 1.54) is 5.69 Å². The monoisotopic (exact) mass is 401 g/mol. The molecule has 5 heteroatoms. The minimum atomic E-state index is 0.656. The summed E-state index contributed by atoms with van der Waals surface area (Å²) >= 11 is 9.46. The first-order chi connectivity index (χ1) is 11.5. The number of rotatable bonds is 4. The highest BCUT2D eigenvalue weighted by atomic mass is 79.9. The van der Waals surface area contributed by atoms with Crippen LogP contribution in [-0.4, -0.2) is 24.9 Å². The molecular weight excluding hydrogens is 386 g/mol. The van der Waals surface area contributed by atoms with E-state index in [2.05, 4.69) is 60.9 Å². The second-order valence-electron chi connectivity index (χ2n) is 5.62. The molecule has 0 N–H and O–H groups in total. The van der Waals surface area contributed by atoms with Crippen molar-refractivity contribution in [2.45, 2.75) is 0 Å². The van der Waals surface area contributed by atoms with Gasteiger partial charge < -0.3 is 9.47 Å². The third kappa shape index (κ3) is 3.89. The molecule has 1 heterocycles. The van der Waals surface area contributed by atoms with Crippen molar-refractivity contribution in [3.63, 3.8) is 0 Å². The van der Waals surface area contributed by atoms with Crippen LogP contribution >= 0.6 is 27.5 Å². The molecule has 0 amide bonds. The maximum absolute atomic E-state index is 6.09. The Hall–Kier alpha value is -2.04. The van der Waals surface area contributed by atoms with Crippen LogP contribution in [0.25, 0.3) is 5.69 Å². The average Bonchev–Trinajstić information content (AvgIpc) is 3.05. The summed E-state index contributed by atoms with van der Waals surface area (Å²) in [6, 6.07) is 16.1. The quantitative estimate of drug-likeness (QED) is 0.512. The Labute approximate surface area is 155 Å². The Bertz CT molecular complexity index is 867. The van der Waals surface area contributed by atoms with E-state index in [1.54, 1.807) is 0 Å². The van der Waals surface area contributed by atoms with Crippen molar-refractivity contribution in [2.75, 3.05) is 19.0 Å². The summed E-state index contributed by atoms with van der Waals surface area (Å²) < 4.78 is 2.95. The maximum Gasteiger partial charge on any atom is 0.0645 e. The number of hydrogen-bond acceptors (Lipinski definition) is 2. The molecule has 0 saturated heterocycles. The Morgan fingerprint density at radius 2 is 1.83 bits per heavy atom. The van der Waals surface area contributed by atoms with Crippen LogP contribution in [0.4, 0.5) is 11.4 Å². The summed E-state index contributed by atoms with van der Waals surface area (Å²) in [6.07, 6.45) is 5.92. The van der Waals surface area contributed by atoms with Crippen molar-refractivity contribution in [3.05, 3.63) is 76.0 Å². The van der Waals surface area contributed by atoms with Crippen LogP contribution in [-0.2, 0) is 0 Å². The summed E-state index contributed by atoms with van der Waals surface area (Å²) in [5.74, 6) is 0. The van der Waals surface area contributed by atoms with Crippen molar-refractivity contribution < 1.29 is 0 Å². The van der Waals surface area contributed by atoms with Gasteiger partial charge in [-0.25, -0.2) is 0 Å². The van der Waals surface area contributed by atoms with Crippen LogP contribution < -0.4 is 4.90 Å². The smallest absolute Gasteiger partial charge is 0.0645 e. The SMILES string of the molecule is CN(C)c1ccc(-n2ccc(C=Nc3ccc(Br)c(Cl)c3)c2)cc1. The van der Waals surface area contributed by atoms with Crippen LogP contribution in [0.2, 0.25) is 5.02 Å². The molecule has 122 valence electrons. The summed E-state index contributed by atoms with van der Waals surface area (Å²) in [5.41, 5.74) is 4.16. The number of anilines is 1. The molecule has 3 nitrogen and oxygen atoms in total. The van der Waals surface area contributed by atoms with E-state index >= 15 is 0 Å². The number of benzene rings is 2. The fraction of sp³-hybridized carbons (Fsp3) is 0.105. The van der Waals surface area contributed by atoms with Gasteiger partial charge in [0.25, 0.3) is 0 Å². The Morgan fingerprint density at radius 3 is 2.50 bits per heavy atom. The number of hydrogen-bond donors (Lipinski definition) is 0. The van der Waals surface area contributed by atoms with E-state index in [0.29, 0.717) is 5.02 Å². The standard InChI is InChI=1S/C19H17BrClN3/c1-23(2)16-4-6-17(7-5-16)24-10-9-14(13-24)12-22-15-3-8-18(20)19(21)11-15/h3-13H,1-2H3. The van der Waals surface area contributed by atoms with Crippen LogP contribution in [0, 0.1) is 0 Å². The molecule has 0 fully saturated rings. The number of halogens is 2. The van der Waals surface area contributed by atoms with Crippen molar-refractivity contribution in [3.8, 4) is 5.69 Å². The zero-order chi connectivity index (χ0) is 17.1. The lowest BCUT2D eigenvalue weighted by molar-refractivity contribution is 1.07. The fourth-order valence-corrected chi connectivity index (χ4v) is 2.71. The first kappa shape index (κ1) is 16.8. The van der Waals surface area contributed by atoms with Crippen molar-refractivity contribution >= 4 is 45.1 Å². The highest BCUT2D eigenvalue weighted by Gasteiger charge is 2.01. The molecule has 24 heavy (non-hydrogen) atoms. The van der Waals surface area contributed by atoms with Gasteiger partial charge in [0, 0.05) is 54.1 Å². The van der Waals surface area contributed by atoms with Gasteiger partial charge in [0.05, 0.1) is 10.7 Å². The van der Waals surface area contributed by atoms with E-state index in [4.69, 9.17) is 11.6 Å². The van der Waals surface area contributed by atoms with E-state index < -0.39 is 0 Å². The van der Waals surface area contributed by atoms with Crippen LogP contribution in [0.5, 0.6) is 0 Å². The molecule has 0 aliphatic carbocycles. The molecule has 3 rings (SSSR count). The molecule has 1 aromatic heterocycles. The van der Waals surface area contributed by atoms with Gasteiger partial charge in [-0.2, -0.15) is 0 Å². The van der Waals surface area contributed by atoms with Gasteiger partial charge in [0.15, 0.2) is 0 Å². The van der Waals surface area contributed by atoms with Gasteiger partial charge in [-0.3, -0.25) is 4.99 Å². The lowest BCUT2D eigenvalue weighted by atomic mass is 10.2. The van der Waals surface area contributed by atoms with E-state index in [9.17, 15) is 0 Å². The molecule has 3 aromatic rings. The summed E-state index contributed by atoms with van der Waals surface area (Å²) in [4.78, 5) is 6.56. The summed E-state index contributed by atoms with van der Waals surface area (Å²) in [6.45, 7) is 0. The second-order valence-corrected chi connectivity index (χ2v) is 6.88. The van der Waals surface area contributed by atoms with Gasteiger partial charge >= 0.3 is 0 Å². The first-order valence-electron chi connectivity index (χ1n) is 7.48. The number of nitrogens with zero attached hydrogens (tertiary/aromatic N) is 3. The third-order valence-corrected chi connectivity index (χ3v) is 4.88. The topological polar surface area (TPSA) is 20.5 Å². The van der Waals surface area contributed by atoms with E-state index in [1.807, 2.05) is 50.8 Å². The molecule has 0 saturated carbocycles. The molecule has 0 unspecified atom stereocenters. The van der Waals surface area contributed by atoms with Gasteiger partial charge in [-0.1, -0.05) is 11.6 Å². The van der Waals surface area contributed by atoms with Crippen LogP contribution in [0.15, 0.2) is 70.4 Å². The largest absolute Gasteiger partial charge is 0.378 e. The molecule has 2 aromatic carbocycles. The normalized spacial score (nSPS) is 11.2. The molecular formula is C19H17BrClN3. The minimum absolute atomic E-state index is 0.656. The van der Waals surface area contributed by atoms with Crippen molar-refractivity contribution in [2.24, 2.45) is 4.99 Å². The number of aliphatic imine (C=N–C) groups is 1. The first-order valence-corrected chi connectivity index (χ1v) is 8.65. The third-order valence-electron chi connectivity index (χ3n) is 3.65. The minimum Gasteiger partial charge on any atom is -0.378 e. The Morgan fingerprint density at radius 1 is 1.08 bits per heavy atom. The van der Waals surface area contributed by atoms with Crippen molar-refractivity contribution in [1.29, 1.82) is 0 Å². The van der Waals surface area contributed by atoms with Crippen LogP contribution in [0.1, 0.15) is 5.56 Å². The Kier molecular flexibility index (Phi) is 5.07. The lowest BCUT2D eigenvalue weighted by Gasteiger charge is -2.12. The summed E-state index contributed by atoms with van der Waals surface area (Å²) in [7, 11) is 4.07. The highest BCUT2D eigenvalue weighted by Crippen LogP contribution is 2.27. The van der Waals surface area contributed by atoms with Gasteiger partial charge in [-0.15, -0.1) is 0 Å². The Balaban J connectivity index is 1.77. The molecule has 0 spiro atoms. The van der Waals surface area contributed by atoms with Crippen LogP contribution in [0.3, 0.4) is 0 Å². The molecule has 0 aliphatic heterocycles. The van der Waals surface area contributed by atoms with E-state index in [-0.39, 0.29) is 0 Å². The van der Waals surface area contributed by atoms with Crippen molar-refractivity contribution in [1.82, 2.24) is 4.57 Å². The predicted octanol–water partition coefficient (Wildman–Crippen LogP) is 5.71. The second kappa shape index (κ2) is 7.24. The number of aromatic nitrogens is 1. The molecule has 0 aliphatic rings. The van der Waals surface area contributed by atoms with E-state index in [0.717, 1.165) is 21.4 Å². The maximum atomic E-state index is 6.09. The predicted molar refractivity (Wildman–Crippen MR) is 107 cm³/mol. The summed E-state index contributed by atoms with van der Waals surface area (Å²) in [5, 5.41) is 0.656. The highest BCUT2D eigenvalue weighted by molar-refractivity contribution is 9.10. The van der Waals surface area contributed by atoms with Gasteiger partial charge in [0.2, 0.25) is 0 Å². The molecule has 0 radical (unpaired) electrons. The average molecular weight is 403 g/mol. The zero-order valence-corrected chi connectivity index (χ0v) is 15.8. The molecule has 0 atom stereocenters. The van der Waals surface area contributed by atoms with Gasteiger partial charge in [0.1, 0.15) is 0 Å². The zero-order valence-electron chi connectivity index (χ0n) is 13.4. The lowest BCUT2D eigenvalue weighted by Crippen LogP contribution is -2.08. The van der Waals surface area contributed by atoms with Gasteiger partial charge in [-0.05, 0) is 64.5 Å². The fourth-order valence-electron chi connectivity index (χ4n) is 2.29.